The highest BCUT2D eigenvalue weighted by atomic mass is 79.9. The molecule has 0 fully saturated rings. The number of anilines is 1. The molecule has 3 rings (SSSR count). The number of carbonyl (C=O) groups is 1. The van der Waals surface area contributed by atoms with Gasteiger partial charge in [0.15, 0.2) is 0 Å². The number of benzene rings is 2. The van der Waals surface area contributed by atoms with Crippen molar-refractivity contribution in [2.75, 3.05) is 5.32 Å². The van der Waals surface area contributed by atoms with Crippen molar-refractivity contribution < 1.29 is 9.21 Å². The van der Waals surface area contributed by atoms with Gasteiger partial charge in [-0.3, -0.25) is 4.79 Å². The lowest BCUT2D eigenvalue weighted by molar-refractivity contribution is 0.102. The normalized spacial score (nSPS) is 10.7. The summed E-state index contributed by atoms with van der Waals surface area (Å²) in [5, 5.41) is 2.98. The van der Waals surface area contributed by atoms with Crippen molar-refractivity contribution in [2.24, 2.45) is 0 Å². The predicted octanol–water partition coefficient (Wildman–Crippen LogP) is 5.89. The van der Waals surface area contributed by atoms with Gasteiger partial charge in [0.05, 0.1) is 5.56 Å². The Labute approximate surface area is 149 Å². The first-order chi connectivity index (χ1) is 11.5. The van der Waals surface area contributed by atoms with Crippen LogP contribution < -0.4 is 5.32 Å². The van der Waals surface area contributed by atoms with Gasteiger partial charge in [-0.1, -0.05) is 40.2 Å². The van der Waals surface area contributed by atoms with Gasteiger partial charge in [0.1, 0.15) is 11.5 Å². The molecule has 0 aliphatic rings. The number of nitrogens with one attached hydrogen (secondary N) is 1. The Morgan fingerprint density at radius 2 is 1.75 bits per heavy atom. The van der Waals surface area contributed by atoms with E-state index in [9.17, 15) is 4.79 Å². The summed E-state index contributed by atoms with van der Waals surface area (Å²) in [6.45, 7) is 5.83. The summed E-state index contributed by atoms with van der Waals surface area (Å²) in [5.74, 6) is 1.13. The summed E-state index contributed by atoms with van der Waals surface area (Å²) in [6.07, 6.45) is 0. The Morgan fingerprint density at radius 1 is 1.04 bits per heavy atom. The minimum absolute atomic E-state index is 0.159. The van der Waals surface area contributed by atoms with Crippen LogP contribution in [0.5, 0.6) is 0 Å². The molecule has 0 saturated carbocycles. The molecule has 1 amide bonds. The zero-order chi connectivity index (χ0) is 17.3. The minimum atomic E-state index is -0.159. The van der Waals surface area contributed by atoms with E-state index in [2.05, 4.69) is 21.2 Å². The van der Waals surface area contributed by atoms with E-state index < -0.39 is 0 Å². The SMILES string of the molecule is Cc1cccc(NC(=O)c2cc(-c3ccc(Br)cc3)oc2C)c1C. The molecule has 0 aliphatic carbocycles. The number of hydrogen-bond acceptors (Lipinski definition) is 2. The fourth-order valence-corrected chi connectivity index (χ4v) is 2.80. The first-order valence-corrected chi connectivity index (χ1v) is 8.49. The van der Waals surface area contributed by atoms with Crippen LogP contribution in [0, 0.1) is 20.8 Å². The van der Waals surface area contributed by atoms with E-state index in [1.54, 1.807) is 13.0 Å². The van der Waals surface area contributed by atoms with Crippen LogP contribution in [0.3, 0.4) is 0 Å². The van der Waals surface area contributed by atoms with E-state index in [0.29, 0.717) is 17.1 Å². The second-order valence-electron chi connectivity index (χ2n) is 5.79. The van der Waals surface area contributed by atoms with Crippen molar-refractivity contribution in [3.05, 3.63) is 75.5 Å². The third-order valence-electron chi connectivity index (χ3n) is 4.14. The van der Waals surface area contributed by atoms with Gasteiger partial charge < -0.3 is 9.73 Å². The van der Waals surface area contributed by atoms with E-state index in [1.807, 2.05) is 56.3 Å². The molecule has 0 spiro atoms. The lowest BCUT2D eigenvalue weighted by Gasteiger charge is -2.09. The zero-order valence-electron chi connectivity index (χ0n) is 13.8. The first kappa shape index (κ1) is 16.5. The molecule has 2 aromatic carbocycles. The van der Waals surface area contributed by atoms with Gasteiger partial charge in [-0.2, -0.15) is 0 Å². The number of carbonyl (C=O) groups excluding carboxylic acids is 1. The fourth-order valence-electron chi connectivity index (χ4n) is 2.54. The fraction of sp³-hybridized carbons (Fsp3) is 0.150. The molecule has 1 N–H and O–H groups in total. The van der Waals surface area contributed by atoms with Crippen molar-refractivity contribution in [3.63, 3.8) is 0 Å². The van der Waals surface area contributed by atoms with Gasteiger partial charge in [0.25, 0.3) is 5.91 Å². The second kappa shape index (κ2) is 6.65. The van der Waals surface area contributed by atoms with Crippen molar-refractivity contribution in [1.29, 1.82) is 0 Å². The Kier molecular flexibility index (Phi) is 4.58. The standard InChI is InChI=1S/C20H18BrNO2/c1-12-5-4-6-18(13(12)2)22-20(23)17-11-19(24-14(17)3)15-7-9-16(21)10-8-15/h4-11H,1-3H3,(H,22,23). The first-order valence-electron chi connectivity index (χ1n) is 7.69. The quantitative estimate of drug-likeness (QED) is 0.612. The maximum absolute atomic E-state index is 12.6. The smallest absolute Gasteiger partial charge is 0.259 e. The van der Waals surface area contributed by atoms with E-state index in [1.165, 1.54) is 0 Å². The van der Waals surface area contributed by atoms with Crippen LogP contribution in [0.4, 0.5) is 5.69 Å². The molecule has 1 heterocycles. The molecule has 0 bridgehead atoms. The molecule has 3 aromatic rings. The third-order valence-corrected chi connectivity index (χ3v) is 4.67. The summed E-state index contributed by atoms with van der Waals surface area (Å²) in [4.78, 5) is 12.6. The molecule has 0 aliphatic heterocycles. The van der Waals surface area contributed by atoms with Crippen LogP contribution in [-0.2, 0) is 0 Å². The van der Waals surface area contributed by atoms with Crippen molar-refractivity contribution in [2.45, 2.75) is 20.8 Å². The van der Waals surface area contributed by atoms with Crippen LogP contribution in [-0.4, -0.2) is 5.91 Å². The van der Waals surface area contributed by atoms with Crippen molar-refractivity contribution in [1.82, 2.24) is 0 Å². The molecule has 0 atom stereocenters. The highest BCUT2D eigenvalue weighted by Gasteiger charge is 2.17. The average Bonchev–Trinajstić information content (AvgIpc) is 2.94. The van der Waals surface area contributed by atoms with Crippen LogP contribution in [0.1, 0.15) is 27.2 Å². The highest BCUT2D eigenvalue weighted by Crippen LogP contribution is 2.27. The molecule has 4 heteroatoms. The molecule has 1 aromatic heterocycles. The van der Waals surface area contributed by atoms with Crippen LogP contribution in [0.25, 0.3) is 11.3 Å². The molecule has 122 valence electrons. The lowest BCUT2D eigenvalue weighted by atomic mass is 10.1. The van der Waals surface area contributed by atoms with Gasteiger partial charge in [-0.15, -0.1) is 0 Å². The highest BCUT2D eigenvalue weighted by molar-refractivity contribution is 9.10. The van der Waals surface area contributed by atoms with Gasteiger partial charge in [-0.05, 0) is 56.2 Å². The second-order valence-corrected chi connectivity index (χ2v) is 6.70. The van der Waals surface area contributed by atoms with Gasteiger partial charge in [0.2, 0.25) is 0 Å². The number of hydrogen-bond donors (Lipinski definition) is 1. The Balaban J connectivity index is 1.88. The third kappa shape index (κ3) is 3.29. The van der Waals surface area contributed by atoms with Crippen LogP contribution in [0.15, 0.2) is 57.4 Å². The maximum atomic E-state index is 12.6. The average molecular weight is 384 g/mol. The largest absolute Gasteiger partial charge is 0.461 e. The molecule has 0 saturated heterocycles. The maximum Gasteiger partial charge on any atom is 0.259 e. The molecule has 24 heavy (non-hydrogen) atoms. The number of furan rings is 1. The lowest BCUT2D eigenvalue weighted by Crippen LogP contribution is -2.13. The molecule has 0 unspecified atom stereocenters. The van der Waals surface area contributed by atoms with Gasteiger partial charge in [-0.25, -0.2) is 0 Å². The van der Waals surface area contributed by atoms with E-state index >= 15 is 0 Å². The number of halogens is 1. The van der Waals surface area contributed by atoms with E-state index in [-0.39, 0.29) is 5.91 Å². The summed E-state index contributed by atoms with van der Waals surface area (Å²) >= 11 is 3.42. The summed E-state index contributed by atoms with van der Waals surface area (Å²) < 4.78 is 6.78. The van der Waals surface area contributed by atoms with E-state index in [4.69, 9.17) is 4.42 Å². The molecular weight excluding hydrogens is 366 g/mol. The zero-order valence-corrected chi connectivity index (χ0v) is 15.4. The van der Waals surface area contributed by atoms with Crippen LogP contribution in [0.2, 0.25) is 0 Å². The predicted molar refractivity (Wildman–Crippen MR) is 100 cm³/mol. The summed E-state index contributed by atoms with van der Waals surface area (Å²) in [7, 11) is 0. The molecule has 3 nitrogen and oxygen atoms in total. The summed E-state index contributed by atoms with van der Waals surface area (Å²) in [5.41, 5.74) is 4.53. The van der Waals surface area contributed by atoms with E-state index in [0.717, 1.165) is 26.9 Å². The molecular formula is C20H18BrNO2. The molecule has 0 radical (unpaired) electrons. The number of amides is 1. The topological polar surface area (TPSA) is 42.2 Å². The van der Waals surface area contributed by atoms with Gasteiger partial charge in [0, 0.05) is 15.7 Å². The van der Waals surface area contributed by atoms with Crippen molar-refractivity contribution in [3.8, 4) is 11.3 Å². The monoisotopic (exact) mass is 383 g/mol. The number of aryl methyl sites for hydroxylation is 2. The Bertz CT molecular complexity index is 895. The Morgan fingerprint density at radius 3 is 2.46 bits per heavy atom. The van der Waals surface area contributed by atoms with Crippen molar-refractivity contribution >= 4 is 27.5 Å². The number of rotatable bonds is 3. The van der Waals surface area contributed by atoms with Crippen LogP contribution >= 0.6 is 15.9 Å². The Hall–Kier alpha value is -2.33. The summed E-state index contributed by atoms with van der Waals surface area (Å²) in [6, 6.07) is 15.5. The van der Waals surface area contributed by atoms with Gasteiger partial charge >= 0.3 is 0 Å². The minimum Gasteiger partial charge on any atom is -0.461 e.